The highest BCUT2D eigenvalue weighted by Gasteiger charge is 2.23. The molecule has 1 aromatic carbocycles. The van der Waals surface area contributed by atoms with Crippen molar-refractivity contribution in [2.45, 2.75) is 26.3 Å². The number of amides is 2. The normalized spacial score (nSPS) is 12.3. The maximum atomic E-state index is 12.3. The van der Waals surface area contributed by atoms with Gasteiger partial charge in [-0.1, -0.05) is 32.0 Å². The van der Waals surface area contributed by atoms with Crippen molar-refractivity contribution in [3.63, 3.8) is 0 Å². The first-order chi connectivity index (χ1) is 11.0. The van der Waals surface area contributed by atoms with E-state index in [9.17, 15) is 9.59 Å². The molecule has 0 bridgehead atoms. The highest BCUT2D eigenvalue weighted by atomic mass is 16.3. The molecule has 124 valence electrons. The van der Waals surface area contributed by atoms with Gasteiger partial charge < -0.3 is 20.7 Å². The summed E-state index contributed by atoms with van der Waals surface area (Å²) in [5, 5.41) is 15.3. The summed E-state index contributed by atoms with van der Waals surface area (Å²) in [7, 11) is 0. The van der Waals surface area contributed by atoms with E-state index in [2.05, 4.69) is 15.6 Å². The summed E-state index contributed by atoms with van der Waals surface area (Å²) in [5.41, 5.74) is 1.96. The Hall–Kier alpha value is -2.34. The Balaban J connectivity index is 2.19. The van der Waals surface area contributed by atoms with Crippen LogP contribution in [0.2, 0.25) is 0 Å². The number of aromatic nitrogens is 1. The molecule has 0 saturated carbocycles. The van der Waals surface area contributed by atoms with Gasteiger partial charge in [-0.2, -0.15) is 0 Å². The standard InChI is InChI=1S/C17H23N3O3/c1-11(2)16(22)20-15(17(23)18-7-8-21)9-12-10-19-14-6-4-3-5-13(12)14/h3-6,10-11,15,19,21H,7-9H2,1-2H3,(H,18,23)(H,20,22). The molecular formula is C17H23N3O3. The van der Waals surface area contributed by atoms with Gasteiger partial charge in [0.1, 0.15) is 6.04 Å². The molecular weight excluding hydrogens is 294 g/mol. The summed E-state index contributed by atoms with van der Waals surface area (Å²) in [4.78, 5) is 27.4. The Morgan fingerprint density at radius 3 is 2.65 bits per heavy atom. The van der Waals surface area contributed by atoms with Crippen molar-refractivity contribution in [2.75, 3.05) is 13.2 Å². The molecule has 6 nitrogen and oxygen atoms in total. The Bertz CT molecular complexity index is 679. The number of H-pyrrole nitrogens is 1. The lowest BCUT2D eigenvalue weighted by Crippen LogP contribution is -2.49. The van der Waals surface area contributed by atoms with Crippen molar-refractivity contribution in [2.24, 2.45) is 5.92 Å². The quantitative estimate of drug-likeness (QED) is 0.613. The molecule has 1 unspecified atom stereocenters. The number of carbonyl (C=O) groups excluding carboxylic acids is 2. The number of nitrogens with one attached hydrogen (secondary N) is 3. The largest absolute Gasteiger partial charge is 0.395 e. The van der Waals surface area contributed by atoms with Crippen molar-refractivity contribution < 1.29 is 14.7 Å². The van der Waals surface area contributed by atoms with Gasteiger partial charge in [-0.05, 0) is 11.6 Å². The second-order valence-corrected chi connectivity index (χ2v) is 5.79. The molecule has 2 rings (SSSR count). The molecule has 1 aromatic heterocycles. The van der Waals surface area contributed by atoms with Crippen LogP contribution < -0.4 is 10.6 Å². The van der Waals surface area contributed by atoms with E-state index < -0.39 is 6.04 Å². The SMILES string of the molecule is CC(C)C(=O)NC(Cc1c[nH]c2ccccc12)C(=O)NCCO. The van der Waals surface area contributed by atoms with Gasteiger partial charge in [0.25, 0.3) is 0 Å². The maximum Gasteiger partial charge on any atom is 0.243 e. The van der Waals surface area contributed by atoms with Crippen LogP contribution >= 0.6 is 0 Å². The Labute approximate surface area is 135 Å². The summed E-state index contributed by atoms with van der Waals surface area (Å²) in [6.45, 7) is 3.60. The highest BCUT2D eigenvalue weighted by molar-refractivity contribution is 5.90. The molecule has 0 saturated heterocycles. The molecule has 4 N–H and O–H groups in total. The van der Waals surface area contributed by atoms with Crippen LogP contribution in [0.5, 0.6) is 0 Å². The molecule has 0 fully saturated rings. The minimum absolute atomic E-state index is 0.135. The van der Waals surface area contributed by atoms with Crippen molar-refractivity contribution >= 4 is 22.7 Å². The zero-order valence-electron chi connectivity index (χ0n) is 13.4. The number of benzene rings is 1. The lowest BCUT2D eigenvalue weighted by molar-refractivity contribution is -0.130. The summed E-state index contributed by atoms with van der Waals surface area (Å²) in [5.74, 6) is -0.668. The van der Waals surface area contributed by atoms with E-state index in [4.69, 9.17) is 5.11 Å². The van der Waals surface area contributed by atoms with Gasteiger partial charge in [0.2, 0.25) is 11.8 Å². The topological polar surface area (TPSA) is 94.2 Å². The first-order valence-corrected chi connectivity index (χ1v) is 7.77. The molecule has 2 aromatic rings. The number of rotatable bonds is 7. The second-order valence-electron chi connectivity index (χ2n) is 5.79. The summed E-state index contributed by atoms with van der Waals surface area (Å²) >= 11 is 0. The Morgan fingerprint density at radius 2 is 1.96 bits per heavy atom. The van der Waals surface area contributed by atoms with Crippen molar-refractivity contribution in [1.82, 2.24) is 15.6 Å². The minimum atomic E-state index is -0.671. The summed E-state index contributed by atoms with van der Waals surface area (Å²) in [6, 6.07) is 7.15. The lowest BCUT2D eigenvalue weighted by atomic mass is 10.0. The van der Waals surface area contributed by atoms with Crippen LogP contribution in [0.3, 0.4) is 0 Å². The van der Waals surface area contributed by atoms with Crippen LogP contribution in [0.1, 0.15) is 19.4 Å². The molecule has 2 amide bonds. The van der Waals surface area contributed by atoms with E-state index in [0.717, 1.165) is 16.5 Å². The fourth-order valence-corrected chi connectivity index (χ4v) is 2.37. The van der Waals surface area contributed by atoms with Crippen LogP contribution in [0, 0.1) is 5.92 Å². The summed E-state index contributed by atoms with van der Waals surface area (Å²) in [6.07, 6.45) is 2.25. The van der Waals surface area contributed by atoms with Crippen molar-refractivity contribution in [3.8, 4) is 0 Å². The molecule has 0 spiro atoms. The molecule has 6 heteroatoms. The van der Waals surface area contributed by atoms with Gasteiger partial charge in [0, 0.05) is 36.0 Å². The first-order valence-electron chi connectivity index (χ1n) is 7.77. The van der Waals surface area contributed by atoms with Gasteiger partial charge in [-0.15, -0.1) is 0 Å². The average molecular weight is 317 g/mol. The van der Waals surface area contributed by atoms with Gasteiger partial charge in [0.05, 0.1) is 6.61 Å². The van der Waals surface area contributed by atoms with E-state index >= 15 is 0 Å². The van der Waals surface area contributed by atoms with E-state index in [1.54, 1.807) is 13.8 Å². The zero-order chi connectivity index (χ0) is 16.8. The van der Waals surface area contributed by atoms with Gasteiger partial charge >= 0.3 is 0 Å². The third kappa shape index (κ3) is 4.32. The Kier molecular flexibility index (Phi) is 5.76. The van der Waals surface area contributed by atoms with Gasteiger partial charge in [-0.25, -0.2) is 0 Å². The fraction of sp³-hybridized carbons (Fsp3) is 0.412. The molecule has 0 aliphatic carbocycles. The minimum Gasteiger partial charge on any atom is -0.395 e. The number of carbonyl (C=O) groups is 2. The number of para-hydroxylation sites is 1. The van der Waals surface area contributed by atoms with Crippen LogP contribution in [0.15, 0.2) is 30.5 Å². The molecule has 0 aliphatic rings. The number of hydrogen-bond acceptors (Lipinski definition) is 3. The van der Waals surface area contributed by atoms with Crippen molar-refractivity contribution in [1.29, 1.82) is 0 Å². The molecule has 23 heavy (non-hydrogen) atoms. The second kappa shape index (κ2) is 7.78. The molecule has 1 heterocycles. The highest BCUT2D eigenvalue weighted by Crippen LogP contribution is 2.19. The average Bonchev–Trinajstić information content (AvgIpc) is 2.95. The number of aromatic amines is 1. The molecule has 0 aliphatic heterocycles. The van der Waals surface area contributed by atoms with Crippen LogP contribution in [-0.2, 0) is 16.0 Å². The Morgan fingerprint density at radius 1 is 1.22 bits per heavy atom. The van der Waals surface area contributed by atoms with Crippen LogP contribution in [0.4, 0.5) is 0 Å². The predicted octanol–water partition coefficient (Wildman–Crippen LogP) is 0.960. The fourth-order valence-electron chi connectivity index (χ4n) is 2.37. The molecule has 1 atom stereocenters. The number of hydrogen-bond donors (Lipinski definition) is 4. The first kappa shape index (κ1) is 17.0. The van der Waals surface area contributed by atoms with E-state index in [-0.39, 0.29) is 30.9 Å². The van der Waals surface area contributed by atoms with Crippen LogP contribution in [0.25, 0.3) is 10.9 Å². The number of aliphatic hydroxyl groups is 1. The monoisotopic (exact) mass is 317 g/mol. The summed E-state index contributed by atoms with van der Waals surface area (Å²) < 4.78 is 0. The van der Waals surface area contributed by atoms with Crippen molar-refractivity contribution in [3.05, 3.63) is 36.0 Å². The zero-order valence-corrected chi connectivity index (χ0v) is 13.4. The number of fused-ring (bicyclic) bond motifs is 1. The molecule has 0 radical (unpaired) electrons. The third-order valence-electron chi connectivity index (χ3n) is 3.67. The maximum absolute atomic E-state index is 12.3. The van der Waals surface area contributed by atoms with Gasteiger partial charge in [0.15, 0.2) is 0 Å². The number of aliphatic hydroxyl groups excluding tert-OH is 1. The predicted molar refractivity (Wildman–Crippen MR) is 88.9 cm³/mol. The van der Waals surface area contributed by atoms with E-state index in [1.165, 1.54) is 0 Å². The van der Waals surface area contributed by atoms with E-state index in [1.807, 2.05) is 30.5 Å². The lowest BCUT2D eigenvalue weighted by Gasteiger charge is -2.19. The van der Waals surface area contributed by atoms with Crippen LogP contribution in [-0.4, -0.2) is 41.1 Å². The van der Waals surface area contributed by atoms with E-state index in [0.29, 0.717) is 6.42 Å². The smallest absolute Gasteiger partial charge is 0.243 e. The van der Waals surface area contributed by atoms with Gasteiger partial charge in [-0.3, -0.25) is 9.59 Å². The third-order valence-corrected chi connectivity index (χ3v) is 3.67.